The highest BCUT2D eigenvalue weighted by atomic mass is 32.1. The Morgan fingerprint density at radius 1 is 1.14 bits per heavy atom. The van der Waals surface area contributed by atoms with E-state index in [0.29, 0.717) is 0 Å². The van der Waals surface area contributed by atoms with Crippen molar-refractivity contribution in [3.05, 3.63) is 28.8 Å². The lowest BCUT2D eigenvalue weighted by atomic mass is 10.2. The van der Waals surface area contributed by atoms with Crippen LogP contribution in [0.4, 0.5) is 5.82 Å². The number of hydrogen-bond acceptors (Lipinski definition) is 8. The second-order valence-corrected chi connectivity index (χ2v) is 6.75. The van der Waals surface area contributed by atoms with Crippen molar-refractivity contribution in [2.75, 3.05) is 31.1 Å². The number of rotatable bonds is 3. The topological polar surface area (TPSA) is 58.0 Å². The van der Waals surface area contributed by atoms with Crippen molar-refractivity contribution in [1.82, 2.24) is 24.5 Å². The molecule has 0 radical (unpaired) electrons. The average molecular weight is 318 g/mol. The fraction of sp³-hybridized carbons (Fsp3) is 0.385. The first kappa shape index (κ1) is 13.1. The van der Waals surface area contributed by atoms with Gasteiger partial charge >= 0.3 is 0 Å². The van der Waals surface area contributed by atoms with Gasteiger partial charge in [-0.2, -0.15) is 0 Å². The summed E-state index contributed by atoms with van der Waals surface area (Å²) in [7, 11) is 0. The smallest absolute Gasteiger partial charge is 0.140 e. The minimum atomic E-state index is 0.948. The molecule has 0 saturated carbocycles. The molecule has 0 unspecified atom stereocenters. The number of aromatic nitrogens is 4. The van der Waals surface area contributed by atoms with Crippen molar-refractivity contribution in [2.24, 2.45) is 0 Å². The van der Waals surface area contributed by atoms with Crippen LogP contribution in [-0.4, -0.2) is 50.6 Å². The molecule has 4 heterocycles. The molecule has 1 aliphatic heterocycles. The predicted octanol–water partition coefficient (Wildman–Crippen LogP) is 1.86. The molecule has 0 spiro atoms. The van der Waals surface area contributed by atoms with Crippen LogP contribution >= 0.6 is 22.9 Å². The third-order valence-corrected chi connectivity index (χ3v) is 5.16. The summed E-state index contributed by atoms with van der Waals surface area (Å²) in [4.78, 5) is 15.9. The quantitative estimate of drug-likeness (QED) is 0.735. The lowest BCUT2D eigenvalue weighted by Gasteiger charge is -2.35. The summed E-state index contributed by atoms with van der Waals surface area (Å²) < 4.78 is 3.92. The van der Waals surface area contributed by atoms with Gasteiger partial charge in [-0.15, -0.1) is 16.4 Å². The Kier molecular flexibility index (Phi) is 3.50. The first-order valence-electron chi connectivity index (χ1n) is 6.82. The van der Waals surface area contributed by atoms with Crippen LogP contribution in [-0.2, 0) is 6.54 Å². The Balaban J connectivity index is 1.46. The molecule has 108 valence electrons. The molecule has 1 saturated heterocycles. The van der Waals surface area contributed by atoms with Gasteiger partial charge in [-0.05, 0) is 23.0 Å². The fourth-order valence-electron chi connectivity index (χ4n) is 2.62. The first-order chi connectivity index (χ1) is 10.4. The van der Waals surface area contributed by atoms with Gasteiger partial charge in [-0.25, -0.2) is 9.97 Å². The highest BCUT2D eigenvalue weighted by Gasteiger charge is 2.20. The summed E-state index contributed by atoms with van der Waals surface area (Å²) in [5.74, 6) is 1.07. The summed E-state index contributed by atoms with van der Waals surface area (Å²) in [5.41, 5.74) is 0. The van der Waals surface area contributed by atoms with Crippen molar-refractivity contribution in [3.8, 4) is 0 Å². The summed E-state index contributed by atoms with van der Waals surface area (Å²) in [6.45, 7) is 5.01. The summed E-state index contributed by atoms with van der Waals surface area (Å²) in [6, 6.07) is 2.12. The Morgan fingerprint density at radius 3 is 2.86 bits per heavy atom. The zero-order valence-corrected chi connectivity index (χ0v) is 13.0. The van der Waals surface area contributed by atoms with Crippen molar-refractivity contribution < 1.29 is 0 Å². The van der Waals surface area contributed by atoms with Gasteiger partial charge in [0.25, 0.3) is 0 Å². The second-order valence-electron chi connectivity index (χ2n) is 4.98. The van der Waals surface area contributed by atoms with Crippen LogP contribution in [0, 0.1) is 0 Å². The zero-order chi connectivity index (χ0) is 14.1. The van der Waals surface area contributed by atoms with E-state index < -0.39 is 0 Å². The number of fused-ring (bicyclic) bond motifs is 1. The standard InChI is InChI=1S/C13H14N6S2/c1-6-20-13-11(1)12(14-9-15-13)19-4-2-18(3-5-19)8-10-7-16-17-21-10/h1,6-7,9H,2-5,8H2. The third-order valence-electron chi connectivity index (χ3n) is 3.70. The lowest BCUT2D eigenvalue weighted by molar-refractivity contribution is 0.251. The van der Waals surface area contributed by atoms with Crippen LogP contribution in [0.2, 0.25) is 0 Å². The minimum absolute atomic E-state index is 0.948. The molecular weight excluding hydrogens is 304 g/mol. The summed E-state index contributed by atoms with van der Waals surface area (Å²) in [5, 5.41) is 7.14. The normalized spacial score (nSPS) is 16.7. The number of thiophene rings is 1. The Morgan fingerprint density at radius 2 is 2.05 bits per heavy atom. The van der Waals surface area contributed by atoms with Gasteiger partial charge in [0.2, 0.25) is 0 Å². The van der Waals surface area contributed by atoms with Crippen molar-refractivity contribution in [1.29, 1.82) is 0 Å². The van der Waals surface area contributed by atoms with Crippen LogP contribution in [0.3, 0.4) is 0 Å². The monoisotopic (exact) mass is 318 g/mol. The fourth-order valence-corrected chi connectivity index (χ4v) is 3.89. The maximum absolute atomic E-state index is 4.49. The number of hydrogen-bond donors (Lipinski definition) is 0. The molecular formula is C13H14N6S2. The van der Waals surface area contributed by atoms with Crippen LogP contribution in [0.1, 0.15) is 4.88 Å². The highest BCUT2D eigenvalue weighted by Crippen LogP contribution is 2.27. The molecule has 6 nitrogen and oxygen atoms in total. The Labute approximate surface area is 130 Å². The van der Waals surface area contributed by atoms with Gasteiger partial charge in [0.15, 0.2) is 0 Å². The van der Waals surface area contributed by atoms with E-state index in [9.17, 15) is 0 Å². The maximum Gasteiger partial charge on any atom is 0.140 e. The molecule has 0 amide bonds. The van der Waals surface area contributed by atoms with E-state index in [4.69, 9.17) is 0 Å². The molecule has 0 N–H and O–H groups in total. The zero-order valence-electron chi connectivity index (χ0n) is 11.3. The van der Waals surface area contributed by atoms with Crippen LogP contribution in [0.25, 0.3) is 10.2 Å². The molecule has 8 heteroatoms. The van der Waals surface area contributed by atoms with Gasteiger partial charge < -0.3 is 4.90 Å². The molecule has 0 aliphatic carbocycles. The molecule has 1 aliphatic rings. The maximum atomic E-state index is 4.49. The first-order valence-corrected chi connectivity index (χ1v) is 8.47. The van der Waals surface area contributed by atoms with Gasteiger partial charge in [-0.3, -0.25) is 4.90 Å². The molecule has 21 heavy (non-hydrogen) atoms. The Hall–Kier alpha value is -1.64. The van der Waals surface area contributed by atoms with Crippen molar-refractivity contribution in [3.63, 3.8) is 0 Å². The van der Waals surface area contributed by atoms with Gasteiger partial charge in [0.1, 0.15) is 17.0 Å². The predicted molar refractivity (Wildman–Crippen MR) is 84.8 cm³/mol. The van der Waals surface area contributed by atoms with E-state index in [2.05, 4.69) is 40.8 Å². The lowest BCUT2D eigenvalue weighted by Crippen LogP contribution is -2.46. The molecule has 3 aromatic rings. The highest BCUT2D eigenvalue weighted by molar-refractivity contribution is 7.16. The largest absolute Gasteiger partial charge is 0.353 e. The molecule has 0 bridgehead atoms. The van der Waals surface area contributed by atoms with E-state index >= 15 is 0 Å². The summed E-state index contributed by atoms with van der Waals surface area (Å²) >= 11 is 3.15. The van der Waals surface area contributed by atoms with Crippen molar-refractivity contribution in [2.45, 2.75) is 6.54 Å². The molecule has 0 atom stereocenters. The van der Waals surface area contributed by atoms with Gasteiger partial charge in [-0.1, -0.05) is 4.49 Å². The molecule has 3 aromatic heterocycles. The molecule has 0 aromatic carbocycles. The number of nitrogens with zero attached hydrogens (tertiary/aromatic N) is 6. The van der Waals surface area contributed by atoms with Crippen LogP contribution in [0.15, 0.2) is 24.0 Å². The SMILES string of the molecule is c1nc(N2CCN(Cc3cnns3)CC2)c2ccsc2n1. The van der Waals surface area contributed by atoms with E-state index in [1.807, 2.05) is 6.20 Å². The average Bonchev–Trinajstić information content (AvgIpc) is 3.18. The third kappa shape index (κ3) is 2.61. The molecule has 1 fully saturated rings. The van der Waals surface area contributed by atoms with Gasteiger partial charge in [0, 0.05) is 32.7 Å². The van der Waals surface area contributed by atoms with E-state index in [0.717, 1.165) is 43.4 Å². The second kappa shape index (κ2) is 5.63. The van der Waals surface area contributed by atoms with Crippen LogP contribution < -0.4 is 4.90 Å². The molecule has 4 rings (SSSR count). The summed E-state index contributed by atoms with van der Waals surface area (Å²) in [6.07, 6.45) is 3.53. The Bertz CT molecular complexity index is 717. The number of anilines is 1. The number of piperazine rings is 1. The minimum Gasteiger partial charge on any atom is -0.353 e. The van der Waals surface area contributed by atoms with E-state index in [1.165, 1.54) is 21.8 Å². The van der Waals surface area contributed by atoms with Crippen LogP contribution in [0.5, 0.6) is 0 Å². The van der Waals surface area contributed by atoms with Gasteiger partial charge in [0.05, 0.1) is 16.5 Å². The van der Waals surface area contributed by atoms with Crippen molar-refractivity contribution >= 4 is 38.9 Å². The van der Waals surface area contributed by atoms with E-state index in [1.54, 1.807) is 17.7 Å². The van der Waals surface area contributed by atoms with E-state index in [-0.39, 0.29) is 0 Å².